The highest BCUT2D eigenvalue weighted by atomic mass is 15.2. The van der Waals surface area contributed by atoms with Crippen molar-refractivity contribution in [1.82, 2.24) is 10.2 Å². The molecule has 1 heterocycles. The second-order valence-electron chi connectivity index (χ2n) is 5.88. The summed E-state index contributed by atoms with van der Waals surface area (Å²) in [6.45, 7) is 7.26. The Hall–Kier alpha value is -0.0800. The van der Waals surface area contributed by atoms with E-state index in [0.29, 0.717) is 0 Å². The molecule has 2 aliphatic rings. The van der Waals surface area contributed by atoms with Gasteiger partial charge in [0.15, 0.2) is 0 Å². The highest BCUT2D eigenvalue weighted by Crippen LogP contribution is 2.32. The van der Waals surface area contributed by atoms with Crippen LogP contribution in [0.15, 0.2) is 0 Å². The Kier molecular flexibility index (Phi) is 3.68. The zero-order chi connectivity index (χ0) is 10.8. The van der Waals surface area contributed by atoms with Crippen LogP contribution in [0.3, 0.4) is 0 Å². The standard InChI is InChI=1S/C13H26N2/c1-10-6-11(2)8-13(7-10)15(3)12-4-5-14-9-12/h10-14H,4-9H2,1-3H3. The molecule has 2 nitrogen and oxygen atoms in total. The van der Waals surface area contributed by atoms with E-state index in [-0.39, 0.29) is 0 Å². The molecule has 15 heavy (non-hydrogen) atoms. The van der Waals surface area contributed by atoms with Gasteiger partial charge in [0.1, 0.15) is 0 Å². The molecule has 3 unspecified atom stereocenters. The molecule has 0 radical (unpaired) electrons. The monoisotopic (exact) mass is 210 g/mol. The van der Waals surface area contributed by atoms with Crippen molar-refractivity contribution in [2.45, 2.75) is 51.6 Å². The number of hydrogen-bond acceptors (Lipinski definition) is 2. The lowest BCUT2D eigenvalue weighted by Gasteiger charge is -2.40. The van der Waals surface area contributed by atoms with Crippen LogP contribution in [0.25, 0.3) is 0 Å². The van der Waals surface area contributed by atoms with E-state index in [1.54, 1.807) is 0 Å². The summed E-state index contributed by atoms with van der Waals surface area (Å²) in [6, 6.07) is 1.64. The number of nitrogens with zero attached hydrogens (tertiary/aromatic N) is 1. The molecule has 0 amide bonds. The van der Waals surface area contributed by atoms with Crippen LogP contribution >= 0.6 is 0 Å². The van der Waals surface area contributed by atoms with Crippen molar-refractivity contribution >= 4 is 0 Å². The normalized spacial score (nSPS) is 42.4. The first-order valence-corrected chi connectivity index (χ1v) is 6.59. The van der Waals surface area contributed by atoms with Gasteiger partial charge in [-0.3, -0.25) is 4.90 Å². The molecule has 1 saturated heterocycles. The molecule has 2 heteroatoms. The van der Waals surface area contributed by atoms with Crippen molar-refractivity contribution in [2.75, 3.05) is 20.1 Å². The minimum atomic E-state index is 0.799. The van der Waals surface area contributed by atoms with Gasteiger partial charge in [0, 0.05) is 18.6 Å². The van der Waals surface area contributed by atoms with Gasteiger partial charge in [-0.15, -0.1) is 0 Å². The summed E-state index contributed by atoms with van der Waals surface area (Å²) < 4.78 is 0. The Morgan fingerprint density at radius 2 is 1.67 bits per heavy atom. The first kappa shape index (κ1) is 11.4. The predicted octanol–water partition coefficient (Wildman–Crippen LogP) is 2.10. The number of hydrogen-bond donors (Lipinski definition) is 1. The predicted molar refractivity (Wildman–Crippen MR) is 65.0 cm³/mol. The summed E-state index contributed by atoms with van der Waals surface area (Å²) >= 11 is 0. The van der Waals surface area contributed by atoms with Crippen LogP contribution < -0.4 is 5.32 Å². The van der Waals surface area contributed by atoms with Crippen LogP contribution in [0.4, 0.5) is 0 Å². The van der Waals surface area contributed by atoms with Crippen molar-refractivity contribution in [3.05, 3.63) is 0 Å². The molecule has 1 saturated carbocycles. The smallest absolute Gasteiger partial charge is 0.0232 e. The summed E-state index contributed by atoms with van der Waals surface area (Å²) in [7, 11) is 2.34. The molecule has 0 bridgehead atoms. The summed E-state index contributed by atoms with van der Waals surface area (Å²) in [4.78, 5) is 2.66. The molecule has 0 spiro atoms. The highest BCUT2D eigenvalue weighted by Gasteiger charge is 2.30. The SMILES string of the molecule is CC1CC(C)CC(N(C)C2CCNC2)C1. The summed E-state index contributed by atoms with van der Waals surface area (Å²) in [5.41, 5.74) is 0. The number of rotatable bonds is 2. The molecule has 3 atom stereocenters. The molecule has 1 aliphatic carbocycles. The van der Waals surface area contributed by atoms with Gasteiger partial charge in [0.05, 0.1) is 0 Å². The molecule has 1 N–H and O–H groups in total. The lowest BCUT2D eigenvalue weighted by atomic mass is 9.79. The van der Waals surface area contributed by atoms with E-state index < -0.39 is 0 Å². The summed E-state index contributed by atoms with van der Waals surface area (Å²) in [5, 5.41) is 3.47. The Bertz CT molecular complexity index is 189. The molecular formula is C13H26N2. The average Bonchev–Trinajstić information content (AvgIpc) is 2.67. The topological polar surface area (TPSA) is 15.3 Å². The van der Waals surface area contributed by atoms with Crippen LogP contribution in [0, 0.1) is 11.8 Å². The van der Waals surface area contributed by atoms with Crippen molar-refractivity contribution in [3.63, 3.8) is 0 Å². The van der Waals surface area contributed by atoms with E-state index in [1.165, 1.54) is 38.8 Å². The molecule has 1 aliphatic heterocycles. The van der Waals surface area contributed by atoms with Gasteiger partial charge in [-0.2, -0.15) is 0 Å². The summed E-state index contributed by atoms with van der Waals surface area (Å²) in [5.74, 6) is 1.85. The zero-order valence-electron chi connectivity index (χ0n) is 10.5. The van der Waals surface area contributed by atoms with E-state index in [2.05, 4.69) is 31.1 Å². The fraction of sp³-hybridized carbons (Fsp3) is 1.00. The van der Waals surface area contributed by atoms with Crippen molar-refractivity contribution in [1.29, 1.82) is 0 Å². The summed E-state index contributed by atoms with van der Waals surface area (Å²) in [6.07, 6.45) is 5.61. The molecule has 2 fully saturated rings. The molecule has 0 aromatic rings. The molecule has 0 aromatic carbocycles. The van der Waals surface area contributed by atoms with Gasteiger partial charge in [0.2, 0.25) is 0 Å². The van der Waals surface area contributed by atoms with Crippen LogP contribution in [0.1, 0.15) is 39.5 Å². The first-order valence-electron chi connectivity index (χ1n) is 6.59. The largest absolute Gasteiger partial charge is 0.315 e. The Balaban J connectivity index is 1.90. The van der Waals surface area contributed by atoms with Gasteiger partial charge in [-0.05, 0) is 51.1 Å². The highest BCUT2D eigenvalue weighted by molar-refractivity contribution is 4.87. The lowest BCUT2D eigenvalue weighted by molar-refractivity contribution is 0.102. The van der Waals surface area contributed by atoms with Crippen molar-refractivity contribution in [3.8, 4) is 0 Å². The number of likely N-dealkylation sites (N-methyl/N-ethyl adjacent to an activating group) is 1. The third-order valence-corrected chi connectivity index (χ3v) is 4.34. The number of nitrogens with one attached hydrogen (secondary N) is 1. The third-order valence-electron chi connectivity index (χ3n) is 4.34. The van der Waals surface area contributed by atoms with E-state index in [9.17, 15) is 0 Å². The van der Waals surface area contributed by atoms with Gasteiger partial charge < -0.3 is 5.32 Å². The maximum absolute atomic E-state index is 3.47. The van der Waals surface area contributed by atoms with Crippen LogP contribution in [0.5, 0.6) is 0 Å². The maximum atomic E-state index is 3.47. The van der Waals surface area contributed by atoms with Gasteiger partial charge in [0.25, 0.3) is 0 Å². The Labute approximate surface area is 94.4 Å². The van der Waals surface area contributed by atoms with E-state index in [1.807, 2.05) is 0 Å². The van der Waals surface area contributed by atoms with E-state index >= 15 is 0 Å². The lowest BCUT2D eigenvalue weighted by Crippen LogP contribution is -2.44. The van der Waals surface area contributed by atoms with Crippen molar-refractivity contribution < 1.29 is 0 Å². The fourth-order valence-electron chi connectivity index (χ4n) is 3.52. The maximum Gasteiger partial charge on any atom is 0.0232 e. The van der Waals surface area contributed by atoms with E-state index in [0.717, 1.165) is 23.9 Å². The second kappa shape index (κ2) is 4.84. The minimum Gasteiger partial charge on any atom is -0.315 e. The van der Waals surface area contributed by atoms with Crippen LogP contribution in [-0.2, 0) is 0 Å². The van der Waals surface area contributed by atoms with Crippen LogP contribution in [0.2, 0.25) is 0 Å². The molecular weight excluding hydrogens is 184 g/mol. The fourth-order valence-corrected chi connectivity index (χ4v) is 3.52. The molecule has 88 valence electrons. The second-order valence-corrected chi connectivity index (χ2v) is 5.88. The quantitative estimate of drug-likeness (QED) is 0.751. The first-order chi connectivity index (χ1) is 7.16. The zero-order valence-corrected chi connectivity index (χ0v) is 10.5. The van der Waals surface area contributed by atoms with Crippen LogP contribution in [-0.4, -0.2) is 37.1 Å². The van der Waals surface area contributed by atoms with Gasteiger partial charge in [-0.1, -0.05) is 13.8 Å². The van der Waals surface area contributed by atoms with Crippen molar-refractivity contribution in [2.24, 2.45) is 11.8 Å². The van der Waals surface area contributed by atoms with E-state index in [4.69, 9.17) is 0 Å². The van der Waals surface area contributed by atoms with Gasteiger partial charge in [-0.25, -0.2) is 0 Å². The third kappa shape index (κ3) is 2.73. The Morgan fingerprint density at radius 1 is 1.00 bits per heavy atom. The Morgan fingerprint density at radius 3 is 2.20 bits per heavy atom. The van der Waals surface area contributed by atoms with Gasteiger partial charge >= 0.3 is 0 Å². The molecule has 2 rings (SSSR count). The average molecular weight is 210 g/mol. The molecule has 0 aromatic heterocycles. The minimum absolute atomic E-state index is 0.799.